The summed E-state index contributed by atoms with van der Waals surface area (Å²) in [5.41, 5.74) is 5.85. The summed E-state index contributed by atoms with van der Waals surface area (Å²) in [5.74, 6) is -0.0609. The van der Waals surface area contributed by atoms with E-state index in [1.54, 1.807) is 0 Å². The zero-order valence-electron chi connectivity index (χ0n) is 15.4. The van der Waals surface area contributed by atoms with Crippen LogP contribution in [0.4, 0.5) is 0 Å². The van der Waals surface area contributed by atoms with Crippen LogP contribution in [0.25, 0.3) is 0 Å². The van der Waals surface area contributed by atoms with Crippen LogP contribution in [0.1, 0.15) is 59.8 Å². The van der Waals surface area contributed by atoms with Crippen molar-refractivity contribution >= 4 is 5.91 Å². The van der Waals surface area contributed by atoms with E-state index in [0.29, 0.717) is 0 Å². The Morgan fingerprint density at radius 2 is 1.91 bits per heavy atom. The first kappa shape index (κ1) is 18.7. The fourth-order valence-electron chi connectivity index (χ4n) is 3.89. The van der Waals surface area contributed by atoms with Gasteiger partial charge in [-0.1, -0.05) is 26.2 Å². The Labute approximate surface area is 141 Å². The van der Waals surface area contributed by atoms with Gasteiger partial charge in [0.05, 0.1) is 12.2 Å². The molecule has 134 valence electrons. The lowest BCUT2D eigenvalue weighted by Gasteiger charge is -2.51. The molecule has 1 saturated carbocycles. The Morgan fingerprint density at radius 3 is 2.48 bits per heavy atom. The first-order valence-electron chi connectivity index (χ1n) is 9.18. The molecule has 1 saturated heterocycles. The summed E-state index contributed by atoms with van der Waals surface area (Å²) >= 11 is 0. The number of hydrogen-bond donors (Lipinski definition) is 2. The highest BCUT2D eigenvalue weighted by atomic mass is 16.5. The van der Waals surface area contributed by atoms with Gasteiger partial charge in [0, 0.05) is 37.1 Å². The molecule has 2 unspecified atom stereocenters. The van der Waals surface area contributed by atoms with Gasteiger partial charge in [0.25, 0.3) is 0 Å². The van der Waals surface area contributed by atoms with Gasteiger partial charge in [-0.2, -0.15) is 0 Å². The predicted molar refractivity (Wildman–Crippen MR) is 93.2 cm³/mol. The minimum absolute atomic E-state index is 0.0810. The lowest BCUT2D eigenvalue weighted by molar-refractivity contribution is -0.131. The third-order valence-corrected chi connectivity index (χ3v) is 5.67. The molecular weight excluding hydrogens is 290 g/mol. The smallest absolute Gasteiger partial charge is 0.224 e. The fraction of sp³-hybridized carbons (Fsp3) is 0.944. The quantitative estimate of drug-likeness (QED) is 0.810. The van der Waals surface area contributed by atoms with Crippen molar-refractivity contribution in [1.82, 2.24) is 10.2 Å². The van der Waals surface area contributed by atoms with Gasteiger partial charge in [-0.05, 0) is 33.6 Å². The van der Waals surface area contributed by atoms with Crippen LogP contribution < -0.4 is 11.1 Å². The van der Waals surface area contributed by atoms with Crippen molar-refractivity contribution < 1.29 is 9.53 Å². The Kier molecular flexibility index (Phi) is 6.09. The van der Waals surface area contributed by atoms with Crippen LogP contribution in [-0.4, -0.2) is 54.2 Å². The number of carbonyl (C=O) groups excluding carboxylic acids is 1. The van der Waals surface area contributed by atoms with Gasteiger partial charge in [-0.25, -0.2) is 0 Å². The maximum Gasteiger partial charge on any atom is 0.224 e. The first-order chi connectivity index (χ1) is 10.8. The molecule has 1 amide bonds. The van der Waals surface area contributed by atoms with Crippen molar-refractivity contribution in [2.45, 2.75) is 77.0 Å². The second-order valence-corrected chi connectivity index (χ2v) is 8.18. The molecule has 5 heteroatoms. The lowest BCUT2D eigenvalue weighted by Crippen LogP contribution is -2.63. The Hall–Kier alpha value is -0.650. The van der Waals surface area contributed by atoms with Crippen molar-refractivity contribution in [2.75, 3.05) is 26.2 Å². The van der Waals surface area contributed by atoms with E-state index in [1.165, 1.54) is 19.3 Å². The van der Waals surface area contributed by atoms with Gasteiger partial charge in [0.2, 0.25) is 5.91 Å². The van der Waals surface area contributed by atoms with E-state index in [4.69, 9.17) is 10.5 Å². The number of nitrogens with one attached hydrogen (secondary N) is 1. The zero-order chi connectivity index (χ0) is 17.1. The number of hydrogen-bond acceptors (Lipinski definition) is 4. The van der Waals surface area contributed by atoms with Crippen molar-refractivity contribution in [2.24, 2.45) is 11.7 Å². The number of carbonyl (C=O) groups is 1. The number of ether oxygens (including phenoxy) is 1. The number of morpholine rings is 1. The standard InChI is InChI=1S/C18H35N3O2/c1-14(15(2)19)16(22)20-12-18(8-6-5-7-9-18)21-10-11-23-17(3,4)13-21/h14-15H,5-13,19H2,1-4H3,(H,20,22). The number of rotatable bonds is 5. The minimum Gasteiger partial charge on any atom is -0.373 e. The molecule has 2 atom stereocenters. The third-order valence-electron chi connectivity index (χ3n) is 5.67. The second kappa shape index (κ2) is 7.49. The average Bonchev–Trinajstić information content (AvgIpc) is 2.51. The van der Waals surface area contributed by atoms with Crippen LogP contribution in [-0.2, 0) is 9.53 Å². The van der Waals surface area contributed by atoms with Crippen molar-refractivity contribution in [3.05, 3.63) is 0 Å². The summed E-state index contributed by atoms with van der Waals surface area (Å²) in [7, 11) is 0. The summed E-state index contributed by atoms with van der Waals surface area (Å²) in [6, 6.07) is -0.111. The summed E-state index contributed by atoms with van der Waals surface area (Å²) in [4.78, 5) is 14.9. The molecule has 0 aromatic rings. The molecule has 0 bridgehead atoms. The maximum atomic E-state index is 12.3. The molecule has 2 rings (SSSR count). The van der Waals surface area contributed by atoms with E-state index in [2.05, 4.69) is 24.1 Å². The molecular formula is C18H35N3O2. The largest absolute Gasteiger partial charge is 0.373 e. The fourth-order valence-corrected chi connectivity index (χ4v) is 3.89. The topological polar surface area (TPSA) is 67.6 Å². The van der Waals surface area contributed by atoms with Gasteiger partial charge in [-0.3, -0.25) is 9.69 Å². The van der Waals surface area contributed by atoms with Gasteiger partial charge in [0.15, 0.2) is 0 Å². The Morgan fingerprint density at radius 1 is 1.26 bits per heavy atom. The van der Waals surface area contributed by atoms with Gasteiger partial charge in [0.1, 0.15) is 0 Å². The lowest BCUT2D eigenvalue weighted by atomic mass is 9.79. The van der Waals surface area contributed by atoms with E-state index in [0.717, 1.165) is 39.1 Å². The first-order valence-corrected chi connectivity index (χ1v) is 9.18. The van der Waals surface area contributed by atoms with Crippen LogP contribution in [0.15, 0.2) is 0 Å². The molecule has 3 N–H and O–H groups in total. The van der Waals surface area contributed by atoms with Crippen LogP contribution in [0.2, 0.25) is 0 Å². The third kappa shape index (κ3) is 4.68. The Bertz CT molecular complexity index is 403. The van der Waals surface area contributed by atoms with Crippen molar-refractivity contribution in [1.29, 1.82) is 0 Å². The van der Waals surface area contributed by atoms with E-state index < -0.39 is 0 Å². The molecule has 5 nitrogen and oxygen atoms in total. The highest BCUT2D eigenvalue weighted by molar-refractivity contribution is 5.79. The molecule has 1 heterocycles. The van der Waals surface area contributed by atoms with E-state index in [1.807, 2.05) is 13.8 Å². The molecule has 0 spiro atoms. The van der Waals surface area contributed by atoms with E-state index in [9.17, 15) is 4.79 Å². The number of nitrogens with two attached hydrogens (primary N) is 1. The maximum absolute atomic E-state index is 12.3. The molecule has 0 radical (unpaired) electrons. The van der Waals surface area contributed by atoms with Crippen molar-refractivity contribution in [3.8, 4) is 0 Å². The molecule has 23 heavy (non-hydrogen) atoms. The molecule has 1 aliphatic carbocycles. The normalized spacial score (nSPS) is 27.2. The summed E-state index contributed by atoms with van der Waals surface area (Å²) < 4.78 is 5.88. The molecule has 0 aromatic heterocycles. The van der Waals surface area contributed by atoms with Gasteiger partial charge >= 0.3 is 0 Å². The van der Waals surface area contributed by atoms with Crippen LogP contribution in [0.5, 0.6) is 0 Å². The number of amides is 1. The molecule has 0 aromatic carbocycles. The molecule has 2 fully saturated rings. The van der Waals surface area contributed by atoms with Gasteiger partial charge < -0.3 is 15.8 Å². The van der Waals surface area contributed by atoms with Crippen molar-refractivity contribution in [3.63, 3.8) is 0 Å². The van der Waals surface area contributed by atoms with Crippen LogP contribution in [0, 0.1) is 5.92 Å². The Balaban J connectivity index is 2.05. The van der Waals surface area contributed by atoms with Crippen LogP contribution in [0.3, 0.4) is 0 Å². The summed E-state index contributed by atoms with van der Waals surface area (Å²) in [6.07, 6.45) is 6.12. The number of nitrogens with zero attached hydrogens (tertiary/aromatic N) is 1. The highest BCUT2D eigenvalue weighted by Crippen LogP contribution is 2.36. The molecule has 1 aliphatic heterocycles. The monoisotopic (exact) mass is 325 g/mol. The minimum atomic E-state index is -0.142. The summed E-state index contributed by atoms with van der Waals surface area (Å²) in [6.45, 7) is 11.5. The highest BCUT2D eigenvalue weighted by Gasteiger charge is 2.42. The summed E-state index contributed by atoms with van der Waals surface area (Å²) in [5, 5.41) is 3.20. The zero-order valence-corrected chi connectivity index (χ0v) is 15.4. The predicted octanol–water partition coefficient (Wildman–Crippen LogP) is 1.90. The van der Waals surface area contributed by atoms with E-state index >= 15 is 0 Å². The average molecular weight is 325 g/mol. The van der Waals surface area contributed by atoms with E-state index in [-0.39, 0.29) is 29.0 Å². The SMILES string of the molecule is CC(N)C(C)C(=O)NCC1(N2CCOC(C)(C)C2)CCCCC1. The van der Waals surface area contributed by atoms with Gasteiger partial charge in [-0.15, -0.1) is 0 Å². The second-order valence-electron chi connectivity index (χ2n) is 8.18. The van der Waals surface area contributed by atoms with Crippen LogP contribution >= 0.6 is 0 Å². The molecule has 2 aliphatic rings.